The van der Waals surface area contributed by atoms with Gasteiger partial charge in [0.15, 0.2) is 0 Å². The lowest BCUT2D eigenvalue weighted by Gasteiger charge is -2.25. The van der Waals surface area contributed by atoms with Gasteiger partial charge in [-0.15, -0.1) is 0 Å². The zero-order chi connectivity index (χ0) is 13.5. The van der Waals surface area contributed by atoms with Crippen molar-refractivity contribution in [3.8, 4) is 0 Å². The first kappa shape index (κ1) is 14.5. The van der Waals surface area contributed by atoms with Crippen LogP contribution in [0.5, 0.6) is 0 Å². The molecule has 0 aliphatic carbocycles. The second kappa shape index (κ2) is 7.01. The van der Waals surface area contributed by atoms with Gasteiger partial charge in [-0.2, -0.15) is 0 Å². The average Bonchev–Trinajstić information content (AvgIpc) is 2.38. The van der Waals surface area contributed by atoms with Crippen molar-refractivity contribution < 1.29 is 5.21 Å². The van der Waals surface area contributed by atoms with E-state index in [0.29, 0.717) is 18.4 Å². The smallest absolute Gasteiger partial charge is 0.141 e. The molecule has 0 heterocycles. The maximum absolute atomic E-state index is 8.71. The highest BCUT2D eigenvalue weighted by atomic mass is 16.4. The lowest BCUT2D eigenvalue weighted by Crippen LogP contribution is -2.36. The number of rotatable bonds is 6. The summed E-state index contributed by atoms with van der Waals surface area (Å²) in [5.74, 6) is 0.774. The Hall–Kier alpha value is -1.55. The van der Waals surface area contributed by atoms with E-state index in [1.54, 1.807) is 0 Å². The summed E-state index contributed by atoms with van der Waals surface area (Å²) in [6.45, 7) is 6.49. The van der Waals surface area contributed by atoms with Gasteiger partial charge < -0.3 is 16.3 Å². The summed E-state index contributed by atoms with van der Waals surface area (Å²) < 4.78 is 0. The van der Waals surface area contributed by atoms with Crippen molar-refractivity contribution in [2.75, 3.05) is 0 Å². The van der Waals surface area contributed by atoms with Crippen molar-refractivity contribution in [1.29, 1.82) is 0 Å². The van der Waals surface area contributed by atoms with E-state index in [0.717, 1.165) is 5.56 Å². The predicted molar refractivity (Wildman–Crippen MR) is 74.6 cm³/mol. The molecule has 0 aliphatic rings. The summed E-state index contributed by atoms with van der Waals surface area (Å²) in [7, 11) is 0. The number of nitrogens with zero attached hydrogens (tertiary/aromatic N) is 1. The second-order valence-corrected chi connectivity index (χ2v) is 4.96. The van der Waals surface area contributed by atoms with Crippen LogP contribution in [0.2, 0.25) is 0 Å². The molecule has 0 aliphatic heterocycles. The van der Waals surface area contributed by atoms with Crippen molar-refractivity contribution in [3.05, 3.63) is 35.9 Å². The number of benzene rings is 1. The van der Waals surface area contributed by atoms with Gasteiger partial charge in [-0.1, -0.05) is 49.3 Å². The zero-order valence-corrected chi connectivity index (χ0v) is 11.3. The van der Waals surface area contributed by atoms with Gasteiger partial charge in [-0.25, -0.2) is 0 Å². The molecule has 0 saturated heterocycles. The Balaban J connectivity index is 2.82. The number of amidine groups is 1. The molecule has 1 aromatic rings. The SMILES string of the molecule is CC(C)C(C)NC(C/C(N)=N/O)c1ccccc1. The molecule has 0 amide bonds. The highest BCUT2D eigenvalue weighted by Gasteiger charge is 2.17. The van der Waals surface area contributed by atoms with Crippen molar-refractivity contribution in [2.45, 2.75) is 39.3 Å². The van der Waals surface area contributed by atoms with Crippen LogP contribution in [0, 0.1) is 5.92 Å². The fraction of sp³-hybridized carbons (Fsp3) is 0.500. The Morgan fingerprint density at radius 2 is 1.89 bits per heavy atom. The third kappa shape index (κ3) is 4.37. The topological polar surface area (TPSA) is 70.6 Å². The lowest BCUT2D eigenvalue weighted by molar-refractivity contribution is 0.314. The highest BCUT2D eigenvalue weighted by molar-refractivity contribution is 5.80. The van der Waals surface area contributed by atoms with Crippen LogP contribution < -0.4 is 11.1 Å². The molecule has 100 valence electrons. The predicted octanol–water partition coefficient (Wildman–Crippen LogP) is 2.50. The Labute approximate surface area is 109 Å². The van der Waals surface area contributed by atoms with E-state index in [4.69, 9.17) is 10.9 Å². The van der Waals surface area contributed by atoms with Crippen LogP contribution in [-0.4, -0.2) is 17.1 Å². The van der Waals surface area contributed by atoms with E-state index in [2.05, 4.69) is 43.4 Å². The molecule has 0 fully saturated rings. The molecule has 18 heavy (non-hydrogen) atoms. The van der Waals surface area contributed by atoms with Crippen LogP contribution in [0.4, 0.5) is 0 Å². The molecule has 4 heteroatoms. The average molecular weight is 249 g/mol. The third-order valence-corrected chi connectivity index (χ3v) is 3.21. The van der Waals surface area contributed by atoms with Gasteiger partial charge in [-0.3, -0.25) is 0 Å². The van der Waals surface area contributed by atoms with Crippen molar-refractivity contribution in [1.82, 2.24) is 5.32 Å². The van der Waals surface area contributed by atoms with Crippen LogP contribution >= 0.6 is 0 Å². The quantitative estimate of drug-likeness (QED) is 0.314. The molecular weight excluding hydrogens is 226 g/mol. The maximum Gasteiger partial charge on any atom is 0.141 e. The molecule has 0 saturated carbocycles. The van der Waals surface area contributed by atoms with Gasteiger partial charge in [0.1, 0.15) is 5.84 Å². The zero-order valence-electron chi connectivity index (χ0n) is 11.3. The minimum Gasteiger partial charge on any atom is -0.409 e. The molecule has 4 nitrogen and oxygen atoms in total. The van der Waals surface area contributed by atoms with E-state index in [-0.39, 0.29) is 11.9 Å². The minimum absolute atomic E-state index is 0.0690. The van der Waals surface area contributed by atoms with Gasteiger partial charge in [0, 0.05) is 18.5 Å². The minimum atomic E-state index is 0.0690. The Bertz CT molecular complexity index is 376. The summed E-state index contributed by atoms with van der Waals surface area (Å²) in [6.07, 6.45) is 0.498. The second-order valence-electron chi connectivity index (χ2n) is 4.96. The van der Waals surface area contributed by atoms with Crippen LogP contribution in [0.3, 0.4) is 0 Å². The Morgan fingerprint density at radius 3 is 2.39 bits per heavy atom. The van der Waals surface area contributed by atoms with E-state index in [1.807, 2.05) is 18.2 Å². The van der Waals surface area contributed by atoms with E-state index in [9.17, 15) is 0 Å². The molecule has 2 unspecified atom stereocenters. The van der Waals surface area contributed by atoms with Crippen LogP contribution in [0.1, 0.15) is 38.8 Å². The lowest BCUT2D eigenvalue weighted by atomic mass is 9.99. The first-order valence-corrected chi connectivity index (χ1v) is 6.32. The van der Waals surface area contributed by atoms with Crippen LogP contribution in [0.25, 0.3) is 0 Å². The van der Waals surface area contributed by atoms with Crippen molar-refractivity contribution >= 4 is 5.84 Å². The summed E-state index contributed by atoms with van der Waals surface area (Å²) in [6, 6.07) is 10.5. The summed E-state index contributed by atoms with van der Waals surface area (Å²) in [5.41, 5.74) is 6.77. The van der Waals surface area contributed by atoms with E-state index < -0.39 is 0 Å². The fourth-order valence-electron chi connectivity index (χ4n) is 1.72. The number of hydrogen-bond acceptors (Lipinski definition) is 3. The summed E-state index contributed by atoms with van der Waals surface area (Å²) >= 11 is 0. The summed E-state index contributed by atoms with van der Waals surface area (Å²) in [4.78, 5) is 0. The maximum atomic E-state index is 8.71. The molecule has 2 atom stereocenters. The molecular formula is C14H23N3O. The van der Waals surface area contributed by atoms with Gasteiger partial charge in [-0.05, 0) is 18.4 Å². The van der Waals surface area contributed by atoms with E-state index >= 15 is 0 Å². The number of hydrogen-bond donors (Lipinski definition) is 3. The number of oxime groups is 1. The van der Waals surface area contributed by atoms with Crippen molar-refractivity contribution in [3.63, 3.8) is 0 Å². The van der Waals surface area contributed by atoms with Gasteiger partial charge in [0.2, 0.25) is 0 Å². The first-order chi connectivity index (χ1) is 8.54. The van der Waals surface area contributed by atoms with E-state index in [1.165, 1.54) is 0 Å². The van der Waals surface area contributed by atoms with Gasteiger partial charge >= 0.3 is 0 Å². The van der Waals surface area contributed by atoms with Crippen LogP contribution in [0.15, 0.2) is 35.5 Å². The highest BCUT2D eigenvalue weighted by Crippen LogP contribution is 2.18. The summed E-state index contributed by atoms with van der Waals surface area (Å²) in [5, 5.41) is 15.3. The van der Waals surface area contributed by atoms with Gasteiger partial charge in [0.25, 0.3) is 0 Å². The fourth-order valence-corrected chi connectivity index (χ4v) is 1.72. The van der Waals surface area contributed by atoms with Crippen molar-refractivity contribution in [2.24, 2.45) is 16.8 Å². The molecule has 1 rings (SSSR count). The number of nitrogens with two attached hydrogens (primary N) is 1. The van der Waals surface area contributed by atoms with Gasteiger partial charge in [0.05, 0.1) is 0 Å². The molecule has 0 aromatic heterocycles. The monoisotopic (exact) mass is 249 g/mol. The van der Waals surface area contributed by atoms with Crippen LogP contribution in [-0.2, 0) is 0 Å². The molecule has 1 aromatic carbocycles. The third-order valence-electron chi connectivity index (χ3n) is 3.21. The molecule has 0 bridgehead atoms. The number of nitrogens with one attached hydrogen (secondary N) is 1. The largest absolute Gasteiger partial charge is 0.409 e. The molecule has 0 spiro atoms. The first-order valence-electron chi connectivity index (χ1n) is 6.32. The Morgan fingerprint density at radius 1 is 1.28 bits per heavy atom. The Kier molecular flexibility index (Phi) is 5.65. The normalized spacial score (nSPS) is 15.7. The molecule has 4 N–H and O–H groups in total. The molecule has 0 radical (unpaired) electrons. The standard InChI is InChI=1S/C14H23N3O/c1-10(2)11(3)16-13(9-14(15)17-18)12-7-5-4-6-8-12/h4-8,10-11,13,16,18H,9H2,1-3H3,(H2,15,17).